The van der Waals surface area contributed by atoms with Crippen molar-refractivity contribution in [2.75, 3.05) is 18.0 Å². The molecule has 120 valence electrons. The zero-order chi connectivity index (χ0) is 15.7. The number of anilines is 1. The van der Waals surface area contributed by atoms with Crippen molar-refractivity contribution in [3.63, 3.8) is 0 Å². The maximum atomic E-state index is 13.6. The first kappa shape index (κ1) is 18.0. The summed E-state index contributed by atoms with van der Waals surface area (Å²) in [6.07, 6.45) is 6.35. The van der Waals surface area contributed by atoms with Crippen molar-refractivity contribution in [2.45, 2.75) is 65.3 Å². The molecule has 0 aliphatic carbocycles. The molecule has 21 heavy (non-hydrogen) atoms. The number of halogens is 1. The average Bonchev–Trinajstić information content (AvgIpc) is 2.48. The fourth-order valence-corrected chi connectivity index (χ4v) is 2.50. The van der Waals surface area contributed by atoms with Gasteiger partial charge in [0, 0.05) is 24.8 Å². The average molecular weight is 294 g/mol. The highest BCUT2D eigenvalue weighted by atomic mass is 19.1. The van der Waals surface area contributed by atoms with E-state index < -0.39 is 0 Å². The van der Waals surface area contributed by atoms with Crippen LogP contribution in [0.2, 0.25) is 0 Å². The van der Waals surface area contributed by atoms with Gasteiger partial charge in [-0.25, -0.2) is 4.39 Å². The summed E-state index contributed by atoms with van der Waals surface area (Å²) in [6, 6.07) is 5.26. The molecule has 0 aliphatic rings. The molecule has 1 aromatic carbocycles. The van der Waals surface area contributed by atoms with E-state index in [0.29, 0.717) is 0 Å². The fraction of sp³-hybridized carbons (Fsp3) is 0.667. The Morgan fingerprint density at radius 1 is 1.10 bits per heavy atom. The van der Waals surface area contributed by atoms with Gasteiger partial charge in [-0.15, -0.1) is 0 Å². The maximum Gasteiger partial charge on any atom is 0.123 e. The molecule has 2 N–H and O–H groups in total. The minimum Gasteiger partial charge on any atom is -0.371 e. The molecule has 0 bridgehead atoms. The summed E-state index contributed by atoms with van der Waals surface area (Å²) in [5, 5.41) is 0. The number of nitrogens with two attached hydrogens (primary N) is 1. The van der Waals surface area contributed by atoms with Crippen LogP contribution in [0.15, 0.2) is 18.2 Å². The van der Waals surface area contributed by atoms with E-state index in [1.54, 1.807) is 12.1 Å². The monoisotopic (exact) mass is 294 g/mol. The largest absolute Gasteiger partial charge is 0.371 e. The lowest BCUT2D eigenvalue weighted by Gasteiger charge is -2.28. The number of unbranched alkanes of at least 4 members (excludes halogenated alkanes) is 2. The summed E-state index contributed by atoms with van der Waals surface area (Å²) in [7, 11) is 0. The van der Waals surface area contributed by atoms with Gasteiger partial charge >= 0.3 is 0 Å². The van der Waals surface area contributed by atoms with Gasteiger partial charge in [0.05, 0.1) is 0 Å². The molecule has 2 nitrogen and oxygen atoms in total. The predicted molar refractivity (Wildman–Crippen MR) is 90.4 cm³/mol. The van der Waals surface area contributed by atoms with E-state index in [4.69, 9.17) is 5.73 Å². The fourth-order valence-electron chi connectivity index (χ4n) is 2.50. The van der Waals surface area contributed by atoms with Crippen LogP contribution in [0.1, 0.15) is 58.4 Å². The molecule has 0 saturated carbocycles. The van der Waals surface area contributed by atoms with Crippen LogP contribution >= 0.6 is 0 Å². The van der Waals surface area contributed by atoms with Gasteiger partial charge in [-0.05, 0) is 49.4 Å². The van der Waals surface area contributed by atoms with Crippen LogP contribution in [0.5, 0.6) is 0 Å². The topological polar surface area (TPSA) is 29.3 Å². The van der Waals surface area contributed by atoms with Crippen molar-refractivity contribution in [1.82, 2.24) is 0 Å². The minimum atomic E-state index is -0.164. The molecule has 0 aliphatic heterocycles. The van der Waals surface area contributed by atoms with Crippen molar-refractivity contribution in [1.29, 1.82) is 0 Å². The van der Waals surface area contributed by atoms with E-state index >= 15 is 0 Å². The lowest BCUT2D eigenvalue weighted by molar-refractivity contribution is 0.610. The third kappa shape index (κ3) is 6.04. The maximum absolute atomic E-state index is 13.6. The minimum absolute atomic E-state index is 0.102. The third-order valence-electron chi connectivity index (χ3n) is 3.95. The van der Waals surface area contributed by atoms with E-state index in [2.05, 4.69) is 25.7 Å². The van der Waals surface area contributed by atoms with Gasteiger partial charge in [0.1, 0.15) is 5.82 Å². The molecule has 1 unspecified atom stereocenters. The first-order valence-electron chi connectivity index (χ1n) is 8.41. The lowest BCUT2D eigenvalue weighted by Crippen LogP contribution is -2.28. The number of hydrogen-bond acceptors (Lipinski definition) is 2. The van der Waals surface area contributed by atoms with Crippen LogP contribution in [0.25, 0.3) is 0 Å². The van der Waals surface area contributed by atoms with Crippen molar-refractivity contribution >= 4 is 5.69 Å². The molecular weight excluding hydrogens is 263 g/mol. The number of benzene rings is 1. The standard InChI is InChI=1S/C18H31FN2/c1-4-7-11-21(12-8-5-2)18-10-9-16(19)13-15(18)14-17(20)6-3/h9-10,13,17H,4-8,11-12,14,20H2,1-3H3. The van der Waals surface area contributed by atoms with Gasteiger partial charge in [0.15, 0.2) is 0 Å². The molecule has 0 heterocycles. The van der Waals surface area contributed by atoms with Gasteiger partial charge in [-0.1, -0.05) is 33.6 Å². The van der Waals surface area contributed by atoms with Gasteiger partial charge in [-0.2, -0.15) is 0 Å². The SMILES string of the molecule is CCCCN(CCCC)c1ccc(F)cc1CC(N)CC. The summed E-state index contributed by atoms with van der Waals surface area (Å²) in [5.41, 5.74) is 8.30. The molecule has 0 saturated heterocycles. The number of hydrogen-bond donors (Lipinski definition) is 1. The Balaban J connectivity index is 2.97. The third-order valence-corrected chi connectivity index (χ3v) is 3.95. The van der Waals surface area contributed by atoms with Crippen LogP contribution in [0.3, 0.4) is 0 Å². The molecule has 1 atom stereocenters. The van der Waals surface area contributed by atoms with Crippen LogP contribution in [0, 0.1) is 5.82 Å². The second-order valence-corrected chi connectivity index (χ2v) is 5.84. The first-order valence-corrected chi connectivity index (χ1v) is 8.41. The molecule has 3 heteroatoms. The Hall–Kier alpha value is -1.09. The van der Waals surface area contributed by atoms with Gasteiger partial charge in [-0.3, -0.25) is 0 Å². The zero-order valence-electron chi connectivity index (χ0n) is 13.9. The second kappa shape index (κ2) is 9.78. The Morgan fingerprint density at radius 2 is 1.71 bits per heavy atom. The van der Waals surface area contributed by atoms with Crippen LogP contribution < -0.4 is 10.6 Å². The van der Waals surface area contributed by atoms with Crippen LogP contribution in [0.4, 0.5) is 10.1 Å². The first-order chi connectivity index (χ1) is 10.1. The Morgan fingerprint density at radius 3 is 2.24 bits per heavy atom. The van der Waals surface area contributed by atoms with E-state index in [9.17, 15) is 4.39 Å². The predicted octanol–water partition coefficient (Wildman–Crippen LogP) is 4.51. The van der Waals surface area contributed by atoms with E-state index in [-0.39, 0.29) is 11.9 Å². The highest BCUT2D eigenvalue weighted by Crippen LogP contribution is 2.24. The normalized spacial score (nSPS) is 12.4. The van der Waals surface area contributed by atoms with Crippen LogP contribution in [-0.2, 0) is 6.42 Å². The second-order valence-electron chi connectivity index (χ2n) is 5.84. The molecular formula is C18H31FN2. The Bertz CT molecular complexity index is 398. The smallest absolute Gasteiger partial charge is 0.123 e. The van der Waals surface area contributed by atoms with Crippen molar-refractivity contribution in [2.24, 2.45) is 5.73 Å². The molecule has 1 aromatic rings. The van der Waals surface area contributed by atoms with E-state index in [0.717, 1.165) is 31.5 Å². The Labute approximate surface area is 129 Å². The zero-order valence-corrected chi connectivity index (χ0v) is 13.9. The van der Waals surface area contributed by atoms with Crippen molar-refractivity contribution in [3.05, 3.63) is 29.6 Å². The van der Waals surface area contributed by atoms with E-state index in [1.165, 1.54) is 31.4 Å². The van der Waals surface area contributed by atoms with Crippen molar-refractivity contribution in [3.8, 4) is 0 Å². The van der Waals surface area contributed by atoms with Gasteiger partial charge in [0.25, 0.3) is 0 Å². The lowest BCUT2D eigenvalue weighted by atomic mass is 10.0. The number of rotatable bonds is 10. The molecule has 1 rings (SSSR count). The summed E-state index contributed by atoms with van der Waals surface area (Å²) in [5.74, 6) is -0.164. The summed E-state index contributed by atoms with van der Waals surface area (Å²) >= 11 is 0. The van der Waals surface area contributed by atoms with Gasteiger partial charge in [0.2, 0.25) is 0 Å². The molecule has 0 spiro atoms. The summed E-state index contributed by atoms with van der Waals surface area (Å²) in [4.78, 5) is 2.41. The quantitative estimate of drug-likeness (QED) is 0.688. The highest BCUT2D eigenvalue weighted by Gasteiger charge is 2.13. The molecule has 0 fully saturated rings. The van der Waals surface area contributed by atoms with E-state index in [1.807, 2.05) is 6.07 Å². The van der Waals surface area contributed by atoms with Crippen molar-refractivity contribution < 1.29 is 4.39 Å². The molecule has 0 aromatic heterocycles. The Kier molecular flexibility index (Phi) is 8.36. The molecule has 0 radical (unpaired) electrons. The molecule has 0 amide bonds. The van der Waals surface area contributed by atoms with Crippen LogP contribution in [-0.4, -0.2) is 19.1 Å². The summed E-state index contributed by atoms with van der Waals surface area (Å²) < 4.78 is 13.6. The van der Waals surface area contributed by atoms with Gasteiger partial charge < -0.3 is 10.6 Å². The summed E-state index contributed by atoms with van der Waals surface area (Å²) in [6.45, 7) is 8.57. The number of nitrogens with zero attached hydrogens (tertiary/aromatic N) is 1. The highest BCUT2D eigenvalue weighted by molar-refractivity contribution is 5.54.